The highest BCUT2D eigenvalue weighted by Gasteiger charge is 2.32. The van der Waals surface area contributed by atoms with Crippen molar-refractivity contribution in [3.05, 3.63) is 30.1 Å². The number of likely N-dealkylation sites (N-methyl/N-ethyl adjacent to an activating group) is 1. The SMILES string of the molecule is CN1CCC[C@H]1C(=O)N1CCCN(Cc2nc3ccccc3n2C)CC1. The van der Waals surface area contributed by atoms with Crippen molar-refractivity contribution in [3.63, 3.8) is 0 Å². The second-order valence-electron chi connectivity index (χ2n) is 7.67. The highest BCUT2D eigenvalue weighted by Crippen LogP contribution is 2.19. The lowest BCUT2D eigenvalue weighted by molar-refractivity contribution is -0.135. The molecule has 2 saturated heterocycles. The lowest BCUT2D eigenvalue weighted by Crippen LogP contribution is -2.45. The van der Waals surface area contributed by atoms with Gasteiger partial charge >= 0.3 is 0 Å². The molecule has 4 rings (SSSR count). The van der Waals surface area contributed by atoms with Crippen LogP contribution in [-0.4, -0.2) is 76.0 Å². The summed E-state index contributed by atoms with van der Waals surface area (Å²) in [4.78, 5) is 24.4. The molecule has 0 spiro atoms. The molecule has 6 heteroatoms. The molecule has 2 aliphatic rings. The Morgan fingerprint density at radius 2 is 1.92 bits per heavy atom. The monoisotopic (exact) mass is 355 g/mol. The van der Waals surface area contributed by atoms with Crippen LogP contribution in [0.3, 0.4) is 0 Å². The van der Waals surface area contributed by atoms with Crippen LogP contribution in [0.1, 0.15) is 25.1 Å². The van der Waals surface area contributed by atoms with Gasteiger partial charge in [0, 0.05) is 33.2 Å². The van der Waals surface area contributed by atoms with Crippen molar-refractivity contribution in [2.24, 2.45) is 7.05 Å². The molecule has 1 aromatic heterocycles. The number of carbonyl (C=O) groups is 1. The van der Waals surface area contributed by atoms with E-state index in [1.165, 1.54) is 5.52 Å². The topological polar surface area (TPSA) is 44.6 Å². The first-order valence-electron chi connectivity index (χ1n) is 9.75. The lowest BCUT2D eigenvalue weighted by Gasteiger charge is -2.27. The number of hydrogen-bond donors (Lipinski definition) is 0. The number of hydrogen-bond acceptors (Lipinski definition) is 4. The molecule has 0 unspecified atom stereocenters. The lowest BCUT2D eigenvalue weighted by atomic mass is 10.2. The van der Waals surface area contributed by atoms with Crippen LogP contribution in [0.4, 0.5) is 0 Å². The molecular weight excluding hydrogens is 326 g/mol. The normalized spacial score (nSPS) is 22.8. The third kappa shape index (κ3) is 3.35. The summed E-state index contributed by atoms with van der Waals surface area (Å²) in [6, 6.07) is 8.38. The second-order valence-corrected chi connectivity index (χ2v) is 7.67. The number of para-hydroxylation sites is 2. The van der Waals surface area contributed by atoms with Crippen molar-refractivity contribution in [2.75, 3.05) is 39.8 Å². The third-order valence-electron chi connectivity index (χ3n) is 5.95. The predicted molar refractivity (Wildman–Crippen MR) is 103 cm³/mol. The fourth-order valence-electron chi connectivity index (χ4n) is 4.32. The number of amides is 1. The zero-order chi connectivity index (χ0) is 18.1. The minimum atomic E-state index is 0.0985. The molecule has 2 aliphatic heterocycles. The van der Waals surface area contributed by atoms with Crippen molar-refractivity contribution in [2.45, 2.75) is 31.8 Å². The second kappa shape index (κ2) is 7.37. The molecule has 1 atom stereocenters. The summed E-state index contributed by atoms with van der Waals surface area (Å²) < 4.78 is 2.19. The van der Waals surface area contributed by atoms with Crippen molar-refractivity contribution in [1.82, 2.24) is 24.3 Å². The van der Waals surface area contributed by atoms with Gasteiger partial charge in [-0.25, -0.2) is 4.98 Å². The molecule has 0 N–H and O–H groups in total. The van der Waals surface area contributed by atoms with E-state index in [0.29, 0.717) is 5.91 Å². The summed E-state index contributed by atoms with van der Waals surface area (Å²) in [6.07, 6.45) is 3.18. The minimum Gasteiger partial charge on any atom is -0.340 e. The summed E-state index contributed by atoms with van der Waals surface area (Å²) in [6.45, 7) is 5.54. The van der Waals surface area contributed by atoms with E-state index in [2.05, 4.69) is 51.6 Å². The van der Waals surface area contributed by atoms with Crippen LogP contribution in [0.15, 0.2) is 24.3 Å². The van der Waals surface area contributed by atoms with E-state index in [0.717, 1.165) is 69.9 Å². The molecule has 140 valence electrons. The zero-order valence-corrected chi connectivity index (χ0v) is 15.9. The molecule has 0 aliphatic carbocycles. The van der Waals surface area contributed by atoms with Crippen LogP contribution >= 0.6 is 0 Å². The highest BCUT2D eigenvalue weighted by atomic mass is 16.2. The number of rotatable bonds is 3. The zero-order valence-electron chi connectivity index (χ0n) is 15.9. The van der Waals surface area contributed by atoms with Gasteiger partial charge in [-0.1, -0.05) is 12.1 Å². The molecule has 26 heavy (non-hydrogen) atoms. The average molecular weight is 355 g/mol. The number of fused-ring (bicyclic) bond motifs is 1. The van der Waals surface area contributed by atoms with E-state index in [4.69, 9.17) is 4.98 Å². The highest BCUT2D eigenvalue weighted by molar-refractivity contribution is 5.82. The number of likely N-dealkylation sites (tertiary alicyclic amines) is 1. The Kier molecular flexibility index (Phi) is 4.96. The van der Waals surface area contributed by atoms with Crippen molar-refractivity contribution < 1.29 is 4.79 Å². The molecule has 0 radical (unpaired) electrons. The van der Waals surface area contributed by atoms with E-state index in [1.807, 2.05) is 6.07 Å². The maximum atomic E-state index is 12.8. The van der Waals surface area contributed by atoms with Gasteiger partial charge in [0.05, 0.1) is 23.6 Å². The Labute approximate surface area is 155 Å². The van der Waals surface area contributed by atoms with Gasteiger partial charge in [0.2, 0.25) is 5.91 Å². The van der Waals surface area contributed by atoms with Gasteiger partial charge in [0.1, 0.15) is 5.82 Å². The van der Waals surface area contributed by atoms with Crippen LogP contribution in [-0.2, 0) is 18.4 Å². The molecule has 2 aromatic rings. The summed E-state index contributed by atoms with van der Waals surface area (Å²) >= 11 is 0. The van der Waals surface area contributed by atoms with Gasteiger partial charge in [0.25, 0.3) is 0 Å². The van der Waals surface area contributed by atoms with Gasteiger partial charge in [-0.2, -0.15) is 0 Å². The molecule has 1 aromatic carbocycles. The standard InChI is InChI=1S/C20H29N5O/c1-22-10-5-9-18(22)20(26)25-12-6-11-24(13-14-25)15-19-21-16-7-3-4-8-17(16)23(19)2/h3-4,7-8,18H,5-6,9-15H2,1-2H3/t18-/m0/s1. The van der Waals surface area contributed by atoms with Gasteiger partial charge in [-0.05, 0) is 45.0 Å². The van der Waals surface area contributed by atoms with Gasteiger partial charge in [-0.3, -0.25) is 14.6 Å². The van der Waals surface area contributed by atoms with Crippen LogP contribution in [0.2, 0.25) is 0 Å². The summed E-state index contributed by atoms with van der Waals surface area (Å²) in [7, 11) is 4.17. The fraction of sp³-hybridized carbons (Fsp3) is 0.600. The molecule has 0 bridgehead atoms. The first-order valence-corrected chi connectivity index (χ1v) is 9.75. The Balaban J connectivity index is 1.40. The Morgan fingerprint density at radius 1 is 1.08 bits per heavy atom. The number of benzene rings is 1. The summed E-state index contributed by atoms with van der Waals surface area (Å²) in [5.41, 5.74) is 2.24. The van der Waals surface area contributed by atoms with Crippen molar-refractivity contribution in [1.29, 1.82) is 0 Å². The molecule has 2 fully saturated rings. The van der Waals surface area contributed by atoms with Gasteiger partial charge < -0.3 is 9.47 Å². The van der Waals surface area contributed by atoms with E-state index >= 15 is 0 Å². The average Bonchev–Trinajstić information content (AvgIpc) is 3.11. The first-order chi connectivity index (χ1) is 12.6. The minimum absolute atomic E-state index is 0.0985. The first kappa shape index (κ1) is 17.5. The van der Waals surface area contributed by atoms with Crippen molar-refractivity contribution in [3.8, 4) is 0 Å². The Hall–Kier alpha value is -1.92. The third-order valence-corrected chi connectivity index (χ3v) is 5.95. The van der Waals surface area contributed by atoms with E-state index in [1.54, 1.807) is 0 Å². The smallest absolute Gasteiger partial charge is 0.239 e. The number of imidazole rings is 1. The largest absolute Gasteiger partial charge is 0.340 e. The Bertz CT molecular complexity index is 786. The molecular formula is C20H29N5O. The number of nitrogens with zero attached hydrogens (tertiary/aromatic N) is 5. The maximum absolute atomic E-state index is 12.8. The van der Waals surface area contributed by atoms with Crippen LogP contribution < -0.4 is 0 Å². The number of aromatic nitrogens is 2. The number of aryl methyl sites for hydroxylation is 1. The quantitative estimate of drug-likeness (QED) is 0.841. The van der Waals surface area contributed by atoms with Gasteiger partial charge in [0.15, 0.2) is 0 Å². The Morgan fingerprint density at radius 3 is 2.69 bits per heavy atom. The summed E-state index contributed by atoms with van der Waals surface area (Å²) in [5, 5.41) is 0. The fourth-order valence-corrected chi connectivity index (χ4v) is 4.32. The number of carbonyl (C=O) groups excluding carboxylic acids is 1. The van der Waals surface area contributed by atoms with Gasteiger partial charge in [-0.15, -0.1) is 0 Å². The van der Waals surface area contributed by atoms with E-state index in [-0.39, 0.29) is 6.04 Å². The molecule has 0 saturated carbocycles. The van der Waals surface area contributed by atoms with Crippen LogP contribution in [0.5, 0.6) is 0 Å². The van der Waals surface area contributed by atoms with Crippen LogP contribution in [0, 0.1) is 0 Å². The van der Waals surface area contributed by atoms with Crippen molar-refractivity contribution >= 4 is 16.9 Å². The molecule has 3 heterocycles. The summed E-state index contributed by atoms with van der Waals surface area (Å²) in [5.74, 6) is 1.43. The van der Waals surface area contributed by atoms with E-state index in [9.17, 15) is 4.79 Å². The predicted octanol–water partition coefficient (Wildman–Crippen LogP) is 1.70. The van der Waals surface area contributed by atoms with Crippen LogP contribution in [0.25, 0.3) is 11.0 Å². The maximum Gasteiger partial charge on any atom is 0.239 e. The van der Waals surface area contributed by atoms with E-state index < -0.39 is 0 Å². The molecule has 1 amide bonds. The molecule has 6 nitrogen and oxygen atoms in total.